The van der Waals surface area contributed by atoms with Crippen LogP contribution in [0.15, 0.2) is 16.3 Å². The number of ether oxygens (including phenoxy) is 5. The lowest BCUT2D eigenvalue weighted by Gasteiger charge is -2.44. The van der Waals surface area contributed by atoms with Crippen LogP contribution in [0.25, 0.3) is 0 Å². The molecule has 4 fully saturated rings. The Bertz CT molecular complexity index is 1240. The lowest BCUT2D eigenvalue weighted by molar-refractivity contribution is -0.298. The maximum atomic E-state index is 13.7. The molecule has 0 aromatic rings. The van der Waals surface area contributed by atoms with Gasteiger partial charge in [-0.3, -0.25) is 4.79 Å². The standard InChI is InChI=1S/C33H46N4O9/c1-42-32-29(45-31(40)25-15-20-7-3-5-9-23(20)37-25)28(44-30(39)24-14-19-6-2-4-8-22(19)36-24)27(26(17-38)43-32)46-33(41)35-21-12-10-18(16-34)11-13-21/h18-19,21-22,24,26-29,32,36,38H,2-15,17H2,1H3,(H,35,41)/t18?,19?,21?,22?,24?,26-,27-,28+,29-,32+/m1/s1. The van der Waals surface area contributed by atoms with E-state index in [4.69, 9.17) is 23.7 Å². The third kappa shape index (κ3) is 7.25. The van der Waals surface area contributed by atoms with Crippen molar-refractivity contribution in [3.63, 3.8) is 0 Å². The molecule has 1 amide bonds. The molecule has 3 aliphatic heterocycles. The van der Waals surface area contributed by atoms with Crippen LogP contribution in [0.2, 0.25) is 0 Å². The molecule has 6 rings (SSSR count). The van der Waals surface area contributed by atoms with Crippen LogP contribution < -0.4 is 10.6 Å². The molecule has 0 aromatic carbocycles. The Morgan fingerprint density at radius 3 is 2.50 bits per heavy atom. The number of esters is 2. The zero-order chi connectivity index (χ0) is 32.2. The second-order valence-corrected chi connectivity index (χ2v) is 13.5. The van der Waals surface area contributed by atoms with Gasteiger partial charge in [0.1, 0.15) is 17.9 Å². The molecule has 46 heavy (non-hydrogen) atoms. The number of aliphatic imine (C=N–C) groups is 1. The lowest BCUT2D eigenvalue weighted by Crippen LogP contribution is -2.64. The number of aliphatic hydroxyl groups is 1. The first-order valence-electron chi connectivity index (χ1n) is 17.0. The minimum Gasteiger partial charge on any atom is -0.453 e. The van der Waals surface area contributed by atoms with Crippen molar-refractivity contribution in [2.75, 3.05) is 13.7 Å². The smallest absolute Gasteiger partial charge is 0.407 e. The molecule has 252 valence electrons. The van der Waals surface area contributed by atoms with Gasteiger partial charge >= 0.3 is 18.0 Å². The second-order valence-electron chi connectivity index (χ2n) is 13.5. The predicted molar refractivity (Wildman–Crippen MR) is 162 cm³/mol. The molecule has 8 atom stereocenters. The van der Waals surface area contributed by atoms with Crippen molar-refractivity contribution in [3.8, 4) is 6.07 Å². The molecule has 13 nitrogen and oxygen atoms in total. The largest absolute Gasteiger partial charge is 0.453 e. The Hall–Kier alpha value is -3.05. The number of alkyl carbamates (subject to hydrolysis) is 1. The lowest BCUT2D eigenvalue weighted by atomic mass is 9.85. The quantitative estimate of drug-likeness (QED) is 0.262. The van der Waals surface area contributed by atoms with Crippen LogP contribution in [-0.4, -0.2) is 91.4 Å². The van der Waals surface area contributed by atoms with Crippen molar-refractivity contribution in [2.45, 2.75) is 139 Å². The van der Waals surface area contributed by atoms with E-state index in [1.54, 1.807) is 0 Å². The average Bonchev–Trinajstić information content (AvgIpc) is 3.71. The highest BCUT2D eigenvalue weighted by molar-refractivity contribution is 6.38. The molecular weight excluding hydrogens is 596 g/mol. The number of carbonyl (C=O) groups is 3. The van der Waals surface area contributed by atoms with Crippen molar-refractivity contribution in [3.05, 3.63) is 11.3 Å². The number of hydrogen-bond acceptors (Lipinski definition) is 12. The number of methoxy groups -OCH3 is 1. The summed E-state index contributed by atoms with van der Waals surface area (Å²) in [5, 5.41) is 25.8. The van der Waals surface area contributed by atoms with Gasteiger partial charge in [0, 0.05) is 37.2 Å². The van der Waals surface area contributed by atoms with Crippen LogP contribution in [0.3, 0.4) is 0 Å². The van der Waals surface area contributed by atoms with Gasteiger partial charge in [-0.1, -0.05) is 12.8 Å². The van der Waals surface area contributed by atoms with Gasteiger partial charge in [-0.05, 0) is 82.1 Å². The number of nitrogens with zero attached hydrogens (tertiary/aromatic N) is 2. The van der Waals surface area contributed by atoms with Crippen LogP contribution in [0, 0.1) is 23.2 Å². The summed E-state index contributed by atoms with van der Waals surface area (Å²) in [6, 6.07) is 1.75. The van der Waals surface area contributed by atoms with Gasteiger partial charge in [0.05, 0.1) is 12.7 Å². The third-order valence-electron chi connectivity index (χ3n) is 10.6. The van der Waals surface area contributed by atoms with E-state index < -0.39 is 61.4 Å². The van der Waals surface area contributed by atoms with E-state index in [0.29, 0.717) is 44.4 Å². The number of carbonyl (C=O) groups excluding carboxylic acids is 3. The first-order valence-corrected chi connectivity index (χ1v) is 17.0. The summed E-state index contributed by atoms with van der Waals surface area (Å²) in [5.74, 6) is -0.897. The van der Waals surface area contributed by atoms with Crippen LogP contribution >= 0.6 is 0 Å². The molecule has 3 aliphatic carbocycles. The number of aliphatic hydroxyl groups excluding tert-OH is 1. The molecule has 2 saturated carbocycles. The summed E-state index contributed by atoms with van der Waals surface area (Å²) in [5.41, 5.74) is 2.33. The fourth-order valence-electron chi connectivity index (χ4n) is 8.02. The summed E-state index contributed by atoms with van der Waals surface area (Å²) >= 11 is 0. The van der Waals surface area contributed by atoms with E-state index in [1.807, 2.05) is 0 Å². The van der Waals surface area contributed by atoms with Crippen molar-refractivity contribution in [1.82, 2.24) is 10.6 Å². The third-order valence-corrected chi connectivity index (χ3v) is 10.6. The first-order chi connectivity index (χ1) is 22.4. The number of amides is 1. The van der Waals surface area contributed by atoms with Gasteiger partial charge in [-0.2, -0.15) is 5.26 Å². The van der Waals surface area contributed by atoms with Gasteiger partial charge in [0.15, 0.2) is 24.6 Å². The fraction of sp³-hybridized carbons (Fsp3) is 0.788. The molecule has 0 aromatic heterocycles. The van der Waals surface area contributed by atoms with Crippen LogP contribution in [0.1, 0.15) is 89.9 Å². The number of fused-ring (bicyclic) bond motifs is 1. The summed E-state index contributed by atoms with van der Waals surface area (Å²) in [6.45, 7) is -0.574. The Labute approximate surface area is 269 Å². The topological polar surface area (TPSA) is 178 Å². The molecule has 13 heteroatoms. The zero-order valence-corrected chi connectivity index (χ0v) is 26.5. The van der Waals surface area contributed by atoms with E-state index >= 15 is 0 Å². The SMILES string of the molecule is CO[C@H]1O[C@H](CO)[C@@H](OC(=O)NC2CCC(C#N)CC2)[C@H](OC(=O)C2CC3CCCCC3N2)[C@H]1OC(=O)C1=NC2=C(CCCC2)C1. The van der Waals surface area contributed by atoms with E-state index in [2.05, 4.69) is 21.7 Å². The Balaban J connectivity index is 1.21. The van der Waals surface area contributed by atoms with Crippen LogP contribution in [-0.2, 0) is 33.3 Å². The Morgan fingerprint density at radius 2 is 1.78 bits per heavy atom. The second kappa shape index (κ2) is 14.8. The minimum atomic E-state index is -1.33. The predicted octanol–water partition coefficient (Wildman–Crippen LogP) is 2.94. The molecule has 3 heterocycles. The molecule has 6 aliphatic rings. The molecule has 3 N–H and O–H groups in total. The average molecular weight is 643 g/mol. The molecule has 0 spiro atoms. The summed E-state index contributed by atoms with van der Waals surface area (Å²) in [7, 11) is 1.36. The zero-order valence-electron chi connectivity index (χ0n) is 26.5. The highest BCUT2D eigenvalue weighted by Crippen LogP contribution is 2.36. The number of rotatable bonds is 8. The molecule has 0 bridgehead atoms. The summed E-state index contributed by atoms with van der Waals surface area (Å²) in [4.78, 5) is 45.1. The highest BCUT2D eigenvalue weighted by atomic mass is 16.7. The van der Waals surface area contributed by atoms with Gasteiger partial charge in [0.2, 0.25) is 0 Å². The molecule has 3 unspecified atom stereocenters. The Morgan fingerprint density at radius 1 is 1.00 bits per heavy atom. The molecule has 0 radical (unpaired) electrons. The van der Waals surface area contributed by atoms with E-state index in [0.717, 1.165) is 62.6 Å². The maximum Gasteiger partial charge on any atom is 0.407 e. The monoisotopic (exact) mass is 642 g/mol. The van der Waals surface area contributed by atoms with E-state index in [1.165, 1.54) is 7.11 Å². The van der Waals surface area contributed by atoms with Crippen LogP contribution in [0.4, 0.5) is 4.79 Å². The maximum absolute atomic E-state index is 13.7. The van der Waals surface area contributed by atoms with Crippen molar-refractivity contribution >= 4 is 23.7 Å². The normalized spacial score (nSPS) is 37.3. The number of hydrogen-bond donors (Lipinski definition) is 3. The fourth-order valence-corrected chi connectivity index (χ4v) is 8.02. The number of nitrogens with one attached hydrogen (secondary N) is 2. The van der Waals surface area contributed by atoms with Crippen molar-refractivity contribution < 1.29 is 43.2 Å². The molecule has 2 saturated heterocycles. The first kappa shape index (κ1) is 32.9. The van der Waals surface area contributed by atoms with E-state index in [-0.39, 0.29) is 23.7 Å². The number of nitriles is 1. The van der Waals surface area contributed by atoms with Gasteiger partial charge < -0.3 is 39.4 Å². The van der Waals surface area contributed by atoms with E-state index in [9.17, 15) is 24.8 Å². The van der Waals surface area contributed by atoms with Crippen molar-refractivity contribution in [2.24, 2.45) is 16.8 Å². The van der Waals surface area contributed by atoms with Crippen molar-refractivity contribution in [1.29, 1.82) is 5.26 Å². The number of allylic oxidation sites excluding steroid dienone is 2. The Kier molecular flexibility index (Phi) is 10.6. The van der Waals surface area contributed by atoms with Crippen LogP contribution in [0.5, 0.6) is 0 Å². The molecular formula is C33H46N4O9. The van der Waals surface area contributed by atoms with Gasteiger partial charge in [-0.25, -0.2) is 14.6 Å². The summed E-state index contributed by atoms with van der Waals surface area (Å²) in [6.07, 6.45) is 4.57. The minimum absolute atomic E-state index is 0.0388. The van der Waals surface area contributed by atoms with Gasteiger partial charge in [-0.15, -0.1) is 0 Å². The highest BCUT2D eigenvalue weighted by Gasteiger charge is 2.54. The summed E-state index contributed by atoms with van der Waals surface area (Å²) < 4.78 is 29.4. The van der Waals surface area contributed by atoms with Gasteiger partial charge in [0.25, 0.3) is 0 Å².